The van der Waals surface area contributed by atoms with Crippen LogP contribution in [0.2, 0.25) is 0 Å². The van der Waals surface area contributed by atoms with E-state index < -0.39 is 0 Å². The molecule has 0 heterocycles. The number of hydrogen-bond acceptors (Lipinski definition) is 2. The van der Waals surface area contributed by atoms with Crippen molar-refractivity contribution in [3.8, 4) is 0 Å². The Hall–Kier alpha value is -0.0800. The fourth-order valence-electron chi connectivity index (χ4n) is 1.60. The minimum atomic E-state index is 0.307. The third-order valence-electron chi connectivity index (χ3n) is 3.46. The van der Waals surface area contributed by atoms with Crippen LogP contribution in [0.1, 0.15) is 47.0 Å². The lowest BCUT2D eigenvalue weighted by Crippen LogP contribution is -2.44. The lowest BCUT2D eigenvalue weighted by atomic mass is 9.96. The second-order valence-electron chi connectivity index (χ2n) is 4.94. The molecule has 2 N–H and O–H groups in total. The summed E-state index contributed by atoms with van der Waals surface area (Å²) in [5.41, 5.74) is 6.07. The molecule has 1 atom stereocenters. The number of rotatable bonds is 7. The summed E-state index contributed by atoms with van der Waals surface area (Å²) in [7, 11) is 2.21. The average molecular weight is 200 g/mol. The molecule has 0 bridgehead atoms. The van der Waals surface area contributed by atoms with E-state index in [1.54, 1.807) is 0 Å². The molecule has 0 aromatic carbocycles. The van der Waals surface area contributed by atoms with Crippen LogP contribution < -0.4 is 5.73 Å². The predicted molar refractivity (Wildman–Crippen MR) is 64.5 cm³/mol. The van der Waals surface area contributed by atoms with Gasteiger partial charge in [0.05, 0.1) is 0 Å². The van der Waals surface area contributed by atoms with Crippen LogP contribution in [-0.2, 0) is 0 Å². The molecular formula is C12H28N2. The third-order valence-corrected chi connectivity index (χ3v) is 3.46. The summed E-state index contributed by atoms with van der Waals surface area (Å²) in [6, 6.07) is 0. The highest BCUT2D eigenvalue weighted by atomic mass is 15.2. The molecule has 0 rings (SSSR count). The van der Waals surface area contributed by atoms with Gasteiger partial charge in [-0.25, -0.2) is 0 Å². The Balaban J connectivity index is 4.07. The van der Waals surface area contributed by atoms with Crippen LogP contribution in [0.3, 0.4) is 0 Å². The summed E-state index contributed by atoms with van der Waals surface area (Å²) in [5, 5.41) is 0. The molecule has 1 unspecified atom stereocenters. The van der Waals surface area contributed by atoms with Gasteiger partial charge in [-0.2, -0.15) is 0 Å². The third kappa shape index (κ3) is 4.43. The van der Waals surface area contributed by atoms with Gasteiger partial charge < -0.3 is 10.6 Å². The molecule has 0 aromatic heterocycles. The van der Waals surface area contributed by atoms with Crippen molar-refractivity contribution >= 4 is 0 Å². The summed E-state index contributed by atoms with van der Waals surface area (Å²) in [6.45, 7) is 11.0. The Kier molecular flexibility index (Phi) is 6.38. The van der Waals surface area contributed by atoms with Crippen molar-refractivity contribution in [2.45, 2.75) is 52.5 Å². The fourth-order valence-corrected chi connectivity index (χ4v) is 1.60. The van der Waals surface area contributed by atoms with Gasteiger partial charge in [-0.15, -0.1) is 0 Å². The van der Waals surface area contributed by atoms with Gasteiger partial charge in [-0.05, 0) is 46.2 Å². The molecule has 0 aliphatic heterocycles. The van der Waals surface area contributed by atoms with Crippen molar-refractivity contribution in [1.82, 2.24) is 4.90 Å². The van der Waals surface area contributed by atoms with E-state index in [2.05, 4.69) is 39.6 Å². The molecule has 0 amide bonds. The van der Waals surface area contributed by atoms with Gasteiger partial charge in [0.1, 0.15) is 0 Å². The van der Waals surface area contributed by atoms with Crippen molar-refractivity contribution in [3.05, 3.63) is 0 Å². The van der Waals surface area contributed by atoms with E-state index in [1.165, 1.54) is 19.3 Å². The van der Waals surface area contributed by atoms with Crippen molar-refractivity contribution in [3.63, 3.8) is 0 Å². The minimum absolute atomic E-state index is 0.307. The lowest BCUT2D eigenvalue weighted by molar-refractivity contribution is 0.126. The first-order valence-corrected chi connectivity index (χ1v) is 5.89. The quantitative estimate of drug-likeness (QED) is 0.684. The molecule has 2 heteroatoms. The molecule has 0 aliphatic rings. The van der Waals surface area contributed by atoms with Crippen LogP contribution in [0, 0.1) is 5.92 Å². The smallest absolute Gasteiger partial charge is 0.0147 e. The minimum Gasteiger partial charge on any atom is -0.330 e. The van der Waals surface area contributed by atoms with E-state index in [4.69, 9.17) is 5.73 Å². The number of hydrogen-bond donors (Lipinski definition) is 1. The zero-order valence-electron chi connectivity index (χ0n) is 10.6. The van der Waals surface area contributed by atoms with E-state index in [1.807, 2.05) is 0 Å². The molecule has 86 valence electrons. The maximum atomic E-state index is 5.77. The molecule has 2 nitrogen and oxygen atoms in total. The summed E-state index contributed by atoms with van der Waals surface area (Å²) in [5.74, 6) is 0.663. The molecule has 0 aromatic rings. The van der Waals surface area contributed by atoms with Gasteiger partial charge in [0, 0.05) is 12.1 Å². The van der Waals surface area contributed by atoms with Gasteiger partial charge >= 0.3 is 0 Å². The molecule has 14 heavy (non-hydrogen) atoms. The molecule has 0 spiro atoms. The Bertz CT molecular complexity index is 143. The summed E-state index contributed by atoms with van der Waals surface area (Å²) >= 11 is 0. The Morgan fingerprint density at radius 3 is 2.21 bits per heavy atom. The second kappa shape index (κ2) is 6.41. The molecule has 0 saturated carbocycles. The maximum absolute atomic E-state index is 5.77. The van der Waals surface area contributed by atoms with Gasteiger partial charge in [0.25, 0.3) is 0 Å². The molecule has 0 radical (unpaired) electrons. The molecule has 0 fully saturated rings. The van der Waals surface area contributed by atoms with Crippen LogP contribution >= 0.6 is 0 Å². The topological polar surface area (TPSA) is 29.3 Å². The normalized spacial score (nSPS) is 14.8. The van der Waals surface area contributed by atoms with Crippen LogP contribution in [0.15, 0.2) is 0 Å². The zero-order valence-corrected chi connectivity index (χ0v) is 10.6. The zero-order chi connectivity index (χ0) is 11.2. The van der Waals surface area contributed by atoms with Crippen LogP contribution in [0.5, 0.6) is 0 Å². The maximum Gasteiger partial charge on any atom is 0.0147 e. The van der Waals surface area contributed by atoms with Crippen LogP contribution in [0.4, 0.5) is 0 Å². The van der Waals surface area contributed by atoms with Gasteiger partial charge in [0.15, 0.2) is 0 Å². The van der Waals surface area contributed by atoms with Gasteiger partial charge in [-0.3, -0.25) is 0 Å². The van der Waals surface area contributed by atoms with E-state index in [9.17, 15) is 0 Å². The highest BCUT2D eigenvalue weighted by Crippen LogP contribution is 2.18. The Morgan fingerprint density at radius 1 is 1.29 bits per heavy atom. The van der Waals surface area contributed by atoms with E-state index >= 15 is 0 Å². The summed E-state index contributed by atoms with van der Waals surface area (Å²) in [6.07, 6.45) is 3.68. The van der Waals surface area contributed by atoms with E-state index in [0.717, 1.165) is 13.1 Å². The first-order chi connectivity index (χ1) is 6.47. The monoisotopic (exact) mass is 200 g/mol. The molecule has 0 aliphatic carbocycles. The predicted octanol–water partition coefficient (Wildman–Crippen LogP) is 2.48. The van der Waals surface area contributed by atoms with E-state index in [-0.39, 0.29) is 0 Å². The average Bonchev–Trinajstić information content (AvgIpc) is 2.16. The largest absolute Gasteiger partial charge is 0.330 e. The van der Waals surface area contributed by atoms with Crippen LogP contribution in [0.25, 0.3) is 0 Å². The Labute approximate surface area is 89.9 Å². The van der Waals surface area contributed by atoms with Crippen molar-refractivity contribution in [2.24, 2.45) is 11.7 Å². The molecular weight excluding hydrogens is 172 g/mol. The van der Waals surface area contributed by atoms with E-state index in [0.29, 0.717) is 11.5 Å². The van der Waals surface area contributed by atoms with Gasteiger partial charge in [-0.1, -0.05) is 20.3 Å². The van der Waals surface area contributed by atoms with Crippen molar-refractivity contribution < 1.29 is 0 Å². The first kappa shape index (κ1) is 13.9. The van der Waals surface area contributed by atoms with Gasteiger partial charge in [0.2, 0.25) is 0 Å². The highest BCUT2D eigenvalue weighted by molar-refractivity contribution is 4.79. The summed E-state index contributed by atoms with van der Waals surface area (Å²) < 4.78 is 0. The standard InChI is InChI=1S/C12H28N2/c1-6-8-11(9-13)10-14(5)12(3,4)7-2/h11H,6-10,13H2,1-5H3. The highest BCUT2D eigenvalue weighted by Gasteiger charge is 2.22. The summed E-state index contributed by atoms with van der Waals surface area (Å²) in [4.78, 5) is 2.44. The Morgan fingerprint density at radius 2 is 1.86 bits per heavy atom. The fraction of sp³-hybridized carbons (Fsp3) is 1.00. The number of nitrogens with two attached hydrogens (primary N) is 1. The first-order valence-electron chi connectivity index (χ1n) is 5.89. The lowest BCUT2D eigenvalue weighted by Gasteiger charge is -2.37. The van der Waals surface area contributed by atoms with Crippen molar-refractivity contribution in [2.75, 3.05) is 20.1 Å². The number of nitrogens with zero attached hydrogens (tertiary/aromatic N) is 1. The SMILES string of the molecule is CCCC(CN)CN(C)C(C)(C)CC. The van der Waals surface area contributed by atoms with Crippen LogP contribution in [-0.4, -0.2) is 30.6 Å². The second-order valence-corrected chi connectivity index (χ2v) is 4.94. The van der Waals surface area contributed by atoms with Crippen molar-refractivity contribution in [1.29, 1.82) is 0 Å². The molecule has 0 saturated heterocycles.